The number of benzene rings is 2. The van der Waals surface area contributed by atoms with E-state index in [0.29, 0.717) is 22.3 Å². The van der Waals surface area contributed by atoms with E-state index in [9.17, 15) is 4.39 Å². The molecule has 7 heteroatoms. The molecule has 0 saturated heterocycles. The summed E-state index contributed by atoms with van der Waals surface area (Å²) < 4.78 is 19.6. The molecule has 2 aromatic heterocycles. The van der Waals surface area contributed by atoms with Crippen molar-refractivity contribution in [1.82, 2.24) is 20.2 Å². The fourth-order valence-corrected chi connectivity index (χ4v) is 2.63. The molecule has 4 aromatic rings. The zero-order valence-corrected chi connectivity index (χ0v) is 13.4. The molecule has 0 fully saturated rings. The van der Waals surface area contributed by atoms with Crippen LogP contribution in [0.25, 0.3) is 22.6 Å². The number of hydrogen-bond acceptors (Lipinski definition) is 6. The van der Waals surface area contributed by atoms with Crippen molar-refractivity contribution in [2.45, 2.75) is 13.3 Å². The van der Waals surface area contributed by atoms with Gasteiger partial charge in [-0.2, -0.15) is 0 Å². The normalized spacial score (nSPS) is 11.1. The quantitative estimate of drug-likeness (QED) is 0.618. The minimum absolute atomic E-state index is 0.166. The Bertz CT molecular complexity index is 1060. The molecule has 124 valence electrons. The monoisotopic (exact) mass is 335 g/mol. The predicted molar refractivity (Wildman–Crippen MR) is 91.2 cm³/mol. The summed E-state index contributed by atoms with van der Waals surface area (Å²) >= 11 is 0. The van der Waals surface area contributed by atoms with Gasteiger partial charge in [0.1, 0.15) is 5.82 Å². The SMILES string of the molecule is Cc1cccc(F)c1Cc1nnc(-c2nc3ccccc3nc2N)o1. The number of aromatic nitrogens is 4. The van der Waals surface area contributed by atoms with Gasteiger partial charge in [0.15, 0.2) is 11.5 Å². The number of halogens is 1. The molecule has 25 heavy (non-hydrogen) atoms. The molecule has 0 aliphatic rings. The molecule has 0 bridgehead atoms. The highest BCUT2D eigenvalue weighted by molar-refractivity contribution is 5.80. The van der Waals surface area contributed by atoms with Gasteiger partial charge in [0.05, 0.1) is 17.5 Å². The predicted octanol–water partition coefficient (Wildman–Crippen LogP) is 3.30. The third-order valence-corrected chi connectivity index (χ3v) is 3.95. The summed E-state index contributed by atoms with van der Waals surface area (Å²) in [6, 6.07) is 12.3. The second kappa shape index (κ2) is 5.94. The van der Waals surface area contributed by atoms with Crippen molar-refractivity contribution in [1.29, 1.82) is 0 Å². The Labute approximate surface area is 142 Å². The number of fused-ring (bicyclic) bond motifs is 1. The van der Waals surface area contributed by atoms with Crippen molar-refractivity contribution >= 4 is 16.9 Å². The summed E-state index contributed by atoms with van der Waals surface area (Å²) in [7, 11) is 0. The first-order chi connectivity index (χ1) is 12.1. The fourth-order valence-electron chi connectivity index (χ4n) is 2.63. The zero-order chi connectivity index (χ0) is 17.4. The van der Waals surface area contributed by atoms with Crippen LogP contribution < -0.4 is 5.73 Å². The molecule has 0 spiro atoms. The maximum atomic E-state index is 14.0. The van der Waals surface area contributed by atoms with Gasteiger partial charge in [-0.05, 0) is 30.7 Å². The number of aryl methyl sites for hydroxylation is 1. The molecule has 0 unspecified atom stereocenters. The molecule has 2 heterocycles. The van der Waals surface area contributed by atoms with Crippen LogP contribution in [0.15, 0.2) is 46.9 Å². The van der Waals surface area contributed by atoms with Crippen molar-refractivity contribution in [2.24, 2.45) is 0 Å². The van der Waals surface area contributed by atoms with Gasteiger partial charge in [-0.15, -0.1) is 10.2 Å². The van der Waals surface area contributed by atoms with Crippen molar-refractivity contribution in [3.8, 4) is 11.6 Å². The largest absolute Gasteiger partial charge is 0.419 e. The van der Waals surface area contributed by atoms with Crippen LogP contribution in [0, 0.1) is 12.7 Å². The van der Waals surface area contributed by atoms with Gasteiger partial charge in [0.2, 0.25) is 5.89 Å². The average molecular weight is 335 g/mol. The Morgan fingerprint density at radius 1 is 1.00 bits per heavy atom. The molecule has 0 radical (unpaired) electrons. The van der Waals surface area contributed by atoms with Crippen molar-refractivity contribution in [3.63, 3.8) is 0 Å². The van der Waals surface area contributed by atoms with E-state index in [4.69, 9.17) is 10.2 Å². The Hall–Kier alpha value is -3.35. The lowest BCUT2D eigenvalue weighted by molar-refractivity contribution is 0.509. The maximum absolute atomic E-state index is 14.0. The minimum Gasteiger partial charge on any atom is -0.419 e. The van der Waals surface area contributed by atoms with Crippen molar-refractivity contribution in [3.05, 3.63) is 65.3 Å². The number of anilines is 1. The molecule has 2 N–H and O–H groups in total. The van der Waals surface area contributed by atoms with Crippen LogP contribution in [-0.4, -0.2) is 20.2 Å². The summed E-state index contributed by atoms with van der Waals surface area (Å²) in [6.07, 6.45) is 0.201. The number of nitrogen functional groups attached to an aromatic ring is 1. The summed E-state index contributed by atoms with van der Waals surface area (Å²) in [5, 5.41) is 7.97. The van der Waals surface area contributed by atoms with Crippen LogP contribution in [0.2, 0.25) is 0 Å². The van der Waals surface area contributed by atoms with E-state index in [1.165, 1.54) is 6.07 Å². The van der Waals surface area contributed by atoms with E-state index in [-0.39, 0.29) is 29.8 Å². The standard InChI is InChI=1S/C18H14FN5O/c1-10-5-4-6-12(19)11(10)9-15-23-24-18(25-15)16-17(20)22-14-8-3-2-7-13(14)21-16/h2-8H,9H2,1H3,(H2,20,22). The highest BCUT2D eigenvalue weighted by Gasteiger charge is 2.17. The van der Waals surface area contributed by atoms with Gasteiger partial charge in [0, 0.05) is 5.56 Å². The number of para-hydroxylation sites is 2. The molecule has 0 amide bonds. The molecule has 0 atom stereocenters. The number of nitrogens with zero attached hydrogens (tertiary/aromatic N) is 4. The van der Waals surface area contributed by atoms with Crippen LogP contribution in [0.1, 0.15) is 17.0 Å². The Balaban J connectivity index is 1.71. The first-order valence-corrected chi connectivity index (χ1v) is 7.71. The smallest absolute Gasteiger partial charge is 0.270 e. The lowest BCUT2D eigenvalue weighted by Crippen LogP contribution is -1.98. The van der Waals surface area contributed by atoms with Gasteiger partial charge in [-0.25, -0.2) is 14.4 Å². The lowest BCUT2D eigenvalue weighted by atomic mass is 10.1. The van der Waals surface area contributed by atoms with Crippen LogP contribution in [0.3, 0.4) is 0 Å². The van der Waals surface area contributed by atoms with Crippen LogP contribution >= 0.6 is 0 Å². The summed E-state index contributed by atoms with van der Waals surface area (Å²) in [5.74, 6) is 0.359. The Morgan fingerprint density at radius 3 is 2.52 bits per heavy atom. The summed E-state index contributed by atoms with van der Waals surface area (Å²) in [5.41, 5.74) is 9.00. The van der Waals surface area contributed by atoms with E-state index in [0.717, 1.165) is 5.56 Å². The first kappa shape index (κ1) is 15.2. The maximum Gasteiger partial charge on any atom is 0.270 e. The van der Waals surface area contributed by atoms with E-state index in [1.807, 2.05) is 37.3 Å². The van der Waals surface area contributed by atoms with E-state index in [1.54, 1.807) is 6.07 Å². The third-order valence-electron chi connectivity index (χ3n) is 3.95. The van der Waals surface area contributed by atoms with Gasteiger partial charge < -0.3 is 10.2 Å². The topological polar surface area (TPSA) is 90.7 Å². The van der Waals surface area contributed by atoms with Crippen LogP contribution in [-0.2, 0) is 6.42 Å². The molecule has 6 nitrogen and oxygen atoms in total. The lowest BCUT2D eigenvalue weighted by Gasteiger charge is -2.04. The highest BCUT2D eigenvalue weighted by Crippen LogP contribution is 2.25. The molecule has 0 aliphatic carbocycles. The highest BCUT2D eigenvalue weighted by atomic mass is 19.1. The number of hydrogen-bond donors (Lipinski definition) is 1. The second-order valence-corrected chi connectivity index (χ2v) is 5.66. The van der Waals surface area contributed by atoms with Gasteiger partial charge >= 0.3 is 0 Å². The minimum atomic E-state index is -0.301. The van der Waals surface area contributed by atoms with Crippen LogP contribution in [0.5, 0.6) is 0 Å². The van der Waals surface area contributed by atoms with Gasteiger partial charge in [-0.1, -0.05) is 24.3 Å². The molecular weight excluding hydrogens is 321 g/mol. The van der Waals surface area contributed by atoms with E-state index < -0.39 is 0 Å². The Kier molecular flexibility index (Phi) is 3.61. The molecule has 0 saturated carbocycles. The number of nitrogens with two attached hydrogens (primary N) is 1. The van der Waals surface area contributed by atoms with E-state index >= 15 is 0 Å². The number of rotatable bonds is 3. The van der Waals surface area contributed by atoms with Gasteiger partial charge in [0.25, 0.3) is 5.89 Å². The first-order valence-electron chi connectivity index (χ1n) is 7.71. The van der Waals surface area contributed by atoms with Crippen LogP contribution in [0.4, 0.5) is 10.2 Å². The van der Waals surface area contributed by atoms with Crippen molar-refractivity contribution < 1.29 is 8.81 Å². The summed E-state index contributed by atoms with van der Waals surface area (Å²) in [6.45, 7) is 1.84. The third kappa shape index (κ3) is 2.80. The molecular formula is C18H14FN5O. The Morgan fingerprint density at radius 2 is 1.76 bits per heavy atom. The molecule has 0 aliphatic heterocycles. The van der Waals surface area contributed by atoms with E-state index in [2.05, 4.69) is 20.2 Å². The zero-order valence-electron chi connectivity index (χ0n) is 13.4. The van der Waals surface area contributed by atoms with Crippen molar-refractivity contribution in [2.75, 3.05) is 5.73 Å². The second-order valence-electron chi connectivity index (χ2n) is 5.66. The molecule has 4 rings (SSSR count). The summed E-state index contributed by atoms with van der Waals surface area (Å²) in [4.78, 5) is 8.74. The fraction of sp³-hybridized carbons (Fsp3) is 0.111. The van der Waals surface area contributed by atoms with Gasteiger partial charge in [-0.3, -0.25) is 0 Å². The molecule has 2 aromatic carbocycles. The average Bonchev–Trinajstić information content (AvgIpc) is 3.06.